The van der Waals surface area contributed by atoms with Gasteiger partial charge in [-0.15, -0.1) is 0 Å². The molecular formula is C22H28N4O3. The van der Waals surface area contributed by atoms with E-state index in [1.165, 1.54) is 18.4 Å². The molecule has 2 aromatic rings. The summed E-state index contributed by atoms with van der Waals surface area (Å²) in [4.78, 5) is 21.3. The molecule has 1 amide bonds. The van der Waals surface area contributed by atoms with Crippen LogP contribution >= 0.6 is 0 Å². The van der Waals surface area contributed by atoms with Gasteiger partial charge in [-0.2, -0.15) is 0 Å². The Hall–Kier alpha value is -3.09. The number of hydrogen-bond acceptors (Lipinski definition) is 6. The topological polar surface area (TPSA) is 85.4 Å². The minimum atomic E-state index is -0.201. The number of hydrogen-bond donors (Lipinski definition) is 2. The molecule has 0 aliphatic heterocycles. The largest absolute Gasteiger partial charge is 0.497 e. The highest BCUT2D eigenvalue weighted by Gasteiger charge is 2.13. The predicted octanol–water partition coefficient (Wildman–Crippen LogP) is 4.17. The van der Waals surface area contributed by atoms with E-state index in [0.717, 1.165) is 19.3 Å². The fraction of sp³-hybridized carbons (Fsp3) is 0.409. The summed E-state index contributed by atoms with van der Waals surface area (Å²) in [5.74, 6) is 1.43. The van der Waals surface area contributed by atoms with Gasteiger partial charge in [0.2, 0.25) is 5.95 Å². The van der Waals surface area contributed by atoms with E-state index in [2.05, 4.69) is 26.7 Å². The fourth-order valence-corrected chi connectivity index (χ4v) is 3.33. The Morgan fingerprint density at radius 1 is 1.14 bits per heavy atom. The number of aromatic nitrogens is 2. The van der Waals surface area contributed by atoms with Crippen LogP contribution in [0.25, 0.3) is 0 Å². The molecule has 1 aromatic carbocycles. The van der Waals surface area contributed by atoms with Crippen molar-refractivity contribution in [3.05, 3.63) is 47.3 Å². The first kappa shape index (κ1) is 20.6. The highest BCUT2D eigenvalue weighted by Crippen LogP contribution is 2.30. The minimum Gasteiger partial charge on any atom is -0.497 e. The first-order valence-electron chi connectivity index (χ1n) is 9.90. The summed E-state index contributed by atoms with van der Waals surface area (Å²) in [5, 5.41) is 6.09. The molecule has 0 fully saturated rings. The first-order chi connectivity index (χ1) is 14.1. The van der Waals surface area contributed by atoms with E-state index in [-0.39, 0.29) is 5.91 Å². The summed E-state index contributed by atoms with van der Waals surface area (Å²) in [6, 6.07) is 7.08. The van der Waals surface area contributed by atoms with E-state index in [0.29, 0.717) is 41.1 Å². The third-order valence-corrected chi connectivity index (χ3v) is 4.86. The van der Waals surface area contributed by atoms with Crippen molar-refractivity contribution in [2.75, 3.05) is 26.1 Å². The van der Waals surface area contributed by atoms with Crippen LogP contribution in [-0.2, 0) is 0 Å². The van der Waals surface area contributed by atoms with Gasteiger partial charge < -0.3 is 20.1 Å². The van der Waals surface area contributed by atoms with Crippen LogP contribution in [0, 0.1) is 6.92 Å². The Bertz CT molecular complexity index is 896. The number of rotatable bonds is 8. The Balaban J connectivity index is 1.69. The standard InChI is InChI=1S/C22H28N4O3/c1-15-13-19(21(27)23-12-11-16-7-5-4-6-8-16)26-22(24-15)25-18-14-17(28-2)9-10-20(18)29-3/h7,9-10,13-14H,4-6,8,11-12H2,1-3H3,(H,23,27)(H,24,25,26). The number of benzene rings is 1. The van der Waals surface area contributed by atoms with Gasteiger partial charge in [0.05, 0.1) is 19.9 Å². The summed E-state index contributed by atoms with van der Waals surface area (Å²) in [6.07, 6.45) is 7.99. The van der Waals surface area contributed by atoms with Gasteiger partial charge in [0, 0.05) is 18.3 Å². The first-order valence-corrected chi connectivity index (χ1v) is 9.90. The normalized spacial score (nSPS) is 13.4. The maximum absolute atomic E-state index is 12.6. The molecule has 0 saturated heterocycles. The molecule has 0 spiro atoms. The molecule has 0 bridgehead atoms. The summed E-state index contributed by atoms with van der Waals surface area (Å²) < 4.78 is 10.6. The lowest BCUT2D eigenvalue weighted by Crippen LogP contribution is -2.26. The summed E-state index contributed by atoms with van der Waals surface area (Å²) >= 11 is 0. The number of nitrogens with zero attached hydrogens (tertiary/aromatic N) is 2. The molecule has 7 nitrogen and oxygen atoms in total. The number of carbonyl (C=O) groups is 1. The zero-order valence-electron chi connectivity index (χ0n) is 17.2. The van der Waals surface area contributed by atoms with E-state index in [4.69, 9.17) is 9.47 Å². The Morgan fingerprint density at radius 2 is 2.00 bits per heavy atom. The average Bonchev–Trinajstić information content (AvgIpc) is 2.74. The van der Waals surface area contributed by atoms with Crippen molar-refractivity contribution in [1.29, 1.82) is 0 Å². The lowest BCUT2D eigenvalue weighted by molar-refractivity contribution is 0.0949. The molecular weight excluding hydrogens is 368 g/mol. The molecule has 0 radical (unpaired) electrons. The highest BCUT2D eigenvalue weighted by molar-refractivity contribution is 5.92. The third-order valence-electron chi connectivity index (χ3n) is 4.86. The lowest BCUT2D eigenvalue weighted by atomic mass is 9.97. The van der Waals surface area contributed by atoms with Crippen LogP contribution in [0.3, 0.4) is 0 Å². The van der Waals surface area contributed by atoms with Gasteiger partial charge in [0.15, 0.2) is 0 Å². The van der Waals surface area contributed by atoms with E-state index in [9.17, 15) is 4.79 Å². The van der Waals surface area contributed by atoms with Crippen LogP contribution in [-0.4, -0.2) is 36.6 Å². The van der Waals surface area contributed by atoms with Gasteiger partial charge in [0.1, 0.15) is 17.2 Å². The molecule has 1 aromatic heterocycles. The minimum absolute atomic E-state index is 0.201. The zero-order chi connectivity index (χ0) is 20.6. The predicted molar refractivity (Wildman–Crippen MR) is 113 cm³/mol. The molecule has 29 heavy (non-hydrogen) atoms. The quantitative estimate of drug-likeness (QED) is 0.652. The van der Waals surface area contributed by atoms with Crippen LogP contribution in [0.5, 0.6) is 11.5 Å². The van der Waals surface area contributed by atoms with Gasteiger partial charge in [-0.3, -0.25) is 4.79 Å². The van der Waals surface area contributed by atoms with Crippen LogP contribution in [0.4, 0.5) is 11.6 Å². The molecule has 3 rings (SSSR count). The Morgan fingerprint density at radius 3 is 2.72 bits per heavy atom. The second-order valence-electron chi connectivity index (χ2n) is 7.02. The highest BCUT2D eigenvalue weighted by atomic mass is 16.5. The summed E-state index contributed by atoms with van der Waals surface area (Å²) in [6.45, 7) is 2.44. The number of nitrogens with one attached hydrogen (secondary N) is 2. The van der Waals surface area contributed by atoms with E-state index >= 15 is 0 Å². The fourth-order valence-electron chi connectivity index (χ4n) is 3.33. The number of aryl methyl sites for hydroxylation is 1. The number of methoxy groups -OCH3 is 2. The van der Waals surface area contributed by atoms with Crippen LogP contribution < -0.4 is 20.1 Å². The second-order valence-corrected chi connectivity index (χ2v) is 7.02. The molecule has 0 atom stereocenters. The maximum Gasteiger partial charge on any atom is 0.270 e. The van der Waals surface area contributed by atoms with Crippen molar-refractivity contribution in [2.45, 2.75) is 39.0 Å². The molecule has 1 aliphatic carbocycles. The Labute approximate surface area is 171 Å². The monoisotopic (exact) mass is 396 g/mol. The number of ether oxygens (including phenoxy) is 2. The molecule has 7 heteroatoms. The Kier molecular flexibility index (Phi) is 7.05. The molecule has 1 heterocycles. The summed E-state index contributed by atoms with van der Waals surface area (Å²) in [5.41, 5.74) is 3.12. The van der Waals surface area contributed by atoms with Gasteiger partial charge in [-0.05, 0) is 57.2 Å². The SMILES string of the molecule is COc1ccc(OC)c(Nc2nc(C)cc(C(=O)NCCC3=CCCCC3)n2)c1. The number of carbonyl (C=O) groups excluding carboxylic acids is 1. The van der Waals surface area contributed by atoms with Crippen LogP contribution in [0.15, 0.2) is 35.9 Å². The van der Waals surface area contributed by atoms with Gasteiger partial charge in [0.25, 0.3) is 5.91 Å². The van der Waals surface area contributed by atoms with Crippen molar-refractivity contribution in [3.8, 4) is 11.5 Å². The number of amides is 1. The van der Waals surface area contributed by atoms with Crippen LogP contribution in [0.1, 0.15) is 48.3 Å². The van der Waals surface area contributed by atoms with Gasteiger partial charge in [-0.1, -0.05) is 11.6 Å². The maximum atomic E-state index is 12.6. The number of allylic oxidation sites excluding steroid dienone is 1. The van der Waals surface area contributed by atoms with Gasteiger partial charge in [-0.25, -0.2) is 9.97 Å². The molecule has 2 N–H and O–H groups in total. The smallest absolute Gasteiger partial charge is 0.270 e. The van der Waals surface area contributed by atoms with Crippen molar-refractivity contribution in [1.82, 2.24) is 15.3 Å². The third kappa shape index (κ3) is 5.70. The van der Waals surface area contributed by atoms with Gasteiger partial charge >= 0.3 is 0 Å². The van der Waals surface area contributed by atoms with Crippen molar-refractivity contribution >= 4 is 17.5 Å². The molecule has 0 saturated carbocycles. The lowest BCUT2D eigenvalue weighted by Gasteiger charge is -2.14. The zero-order valence-corrected chi connectivity index (χ0v) is 17.2. The van der Waals surface area contributed by atoms with Crippen molar-refractivity contribution < 1.29 is 14.3 Å². The molecule has 154 valence electrons. The van der Waals surface area contributed by atoms with Crippen molar-refractivity contribution in [3.63, 3.8) is 0 Å². The molecule has 0 unspecified atom stereocenters. The second kappa shape index (κ2) is 9.91. The van der Waals surface area contributed by atoms with E-state index in [1.807, 2.05) is 13.0 Å². The summed E-state index contributed by atoms with van der Waals surface area (Å²) in [7, 11) is 3.19. The van der Waals surface area contributed by atoms with Crippen molar-refractivity contribution in [2.24, 2.45) is 0 Å². The van der Waals surface area contributed by atoms with E-state index < -0.39 is 0 Å². The van der Waals surface area contributed by atoms with Crippen LogP contribution in [0.2, 0.25) is 0 Å². The number of anilines is 2. The average molecular weight is 396 g/mol. The van der Waals surface area contributed by atoms with E-state index in [1.54, 1.807) is 32.4 Å². The molecule has 1 aliphatic rings.